The van der Waals surface area contributed by atoms with Crippen LogP contribution in [0, 0.1) is 6.92 Å². The van der Waals surface area contributed by atoms with Crippen LogP contribution in [0.25, 0.3) is 0 Å². The molecule has 138 valence electrons. The molecule has 0 aliphatic heterocycles. The van der Waals surface area contributed by atoms with Crippen LogP contribution in [0.3, 0.4) is 0 Å². The predicted octanol–water partition coefficient (Wildman–Crippen LogP) is 6.77. The Labute approximate surface area is 168 Å². The van der Waals surface area contributed by atoms with E-state index in [4.69, 9.17) is 0 Å². The maximum Gasteiger partial charge on any atom is -0.00203 e. The van der Waals surface area contributed by atoms with Crippen LogP contribution in [0.5, 0.6) is 0 Å². The average molecular weight is 363 g/mol. The lowest BCUT2D eigenvalue weighted by Crippen LogP contribution is -2.03. The van der Waals surface area contributed by atoms with Crippen molar-refractivity contribution in [3.8, 4) is 0 Å². The number of hydrogen-bond donors (Lipinski definition) is 0. The van der Waals surface area contributed by atoms with Crippen LogP contribution >= 0.6 is 0 Å². The summed E-state index contributed by atoms with van der Waals surface area (Å²) in [6, 6.07) is 37.2. The van der Waals surface area contributed by atoms with Crippen molar-refractivity contribution in [3.05, 3.63) is 142 Å². The van der Waals surface area contributed by atoms with E-state index in [1.807, 2.05) is 0 Å². The first-order valence-electron chi connectivity index (χ1n) is 10.0. The highest BCUT2D eigenvalue weighted by Gasteiger charge is 2.11. The van der Waals surface area contributed by atoms with Crippen molar-refractivity contribution >= 4 is 0 Å². The molecule has 0 amide bonds. The van der Waals surface area contributed by atoms with Gasteiger partial charge in [0.25, 0.3) is 0 Å². The van der Waals surface area contributed by atoms with Crippen molar-refractivity contribution < 1.29 is 0 Å². The molecule has 0 saturated carbocycles. The highest BCUT2D eigenvalue weighted by Crippen LogP contribution is 2.25. The maximum atomic E-state index is 2.42. The van der Waals surface area contributed by atoms with Gasteiger partial charge in [-0.3, -0.25) is 0 Å². The van der Waals surface area contributed by atoms with Gasteiger partial charge in [0.2, 0.25) is 0 Å². The van der Waals surface area contributed by atoms with Crippen LogP contribution in [0.2, 0.25) is 0 Å². The molecule has 0 nitrogen and oxygen atoms in total. The summed E-state index contributed by atoms with van der Waals surface area (Å²) >= 11 is 0. The van der Waals surface area contributed by atoms with Crippen molar-refractivity contribution in [3.63, 3.8) is 0 Å². The molecule has 0 spiro atoms. The monoisotopic (exact) mass is 362 g/mol. The highest BCUT2D eigenvalue weighted by molar-refractivity contribution is 5.45. The van der Waals surface area contributed by atoms with E-state index in [1.165, 1.54) is 38.9 Å². The molecule has 0 aliphatic rings. The average Bonchev–Trinajstić information content (AvgIpc) is 2.73. The van der Waals surface area contributed by atoms with Crippen LogP contribution in [0.15, 0.2) is 103 Å². The fraction of sp³-hybridized carbons (Fsp3) is 0.143. The number of aryl methyl sites for hydroxylation is 1. The molecule has 0 N–H and O–H groups in total. The second-order valence-corrected chi connectivity index (χ2v) is 7.54. The Morgan fingerprint density at radius 1 is 0.464 bits per heavy atom. The third-order valence-corrected chi connectivity index (χ3v) is 5.34. The van der Waals surface area contributed by atoms with Crippen molar-refractivity contribution in [1.29, 1.82) is 0 Å². The molecule has 0 bridgehead atoms. The topological polar surface area (TPSA) is 0 Å². The van der Waals surface area contributed by atoms with Gasteiger partial charge in [-0.05, 0) is 65.1 Å². The summed E-state index contributed by atoms with van der Waals surface area (Å²) < 4.78 is 0. The standard InChI is InChI=1S/C28H26/c1-22-17-26(18-23-11-5-2-6-12-23)20-27(19-24-13-7-3-8-14-24)28(22)21-25-15-9-4-10-16-25/h2-17,20H,18-19,21H2,1H3. The van der Waals surface area contributed by atoms with Crippen molar-refractivity contribution in [2.24, 2.45) is 0 Å². The van der Waals surface area contributed by atoms with Gasteiger partial charge in [-0.15, -0.1) is 0 Å². The molecule has 28 heavy (non-hydrogen) atoms. The summed E-state index contributed by atoms with van der Waals surface area (Å²) in [4.78, 5) is 0. The van der Waals surface area contributed by atoms with Gasteiger partial charge in [0.15, 0.2) is 0 Å². The molecule has 0 radical (unpaired) electrons. The molecule has 0 aromatic heterocycles. The van der Waals surface area contributed by atoms with Gasteiger partial charge in [-0.25, -0.2) is 0 Å². The van der Waals surface area contributed by atoms with Crippen molar-refractivity contribution in [1.82, 2.24) is 0 Å². The van der Waals surface area contributed by atoms with E-state index in [9.17, 15) is 0 Å². The van der Waals surface area contributed by atoms with Crippen LogP contribution in [-0.2, 0) is 19.3 Å². The molecule has 4 rings (SSSR count). The molecule has 4 aromatic rings. The molecule has 0 unspecified atom stereocenters. The Balaban J connectivity index is 1.71. The lowest BCUT2D eigenvalue weighted by atomic mass is 9.88. The zero-order valence-electron chi connectivity index (χ0n) is 16.4. The molecule has 0 aliphatic carbocycles. The number of rotatable bonds is 6. The van der Waals surface area contributed by atoms with Crippen LogP contribution in [-0.4, -0.2) is 0 Å². The van der Waals surface area contributed by atoms with Crippen LogP contribution < -0.4 is 0 Å². The minimum atomic E-state index is 0.979. The fourth-order valence-electron chi connectivity index (χ4n) is 3.93. The second kappa shape index (κ2) is 8.71. The first kappa shape index (κ1) is 18.3. The zero-order valence-corrected chi connectivity index (χ0v) is 16.4. The number of hydrogen-bond acceptors (Lipinski definition) is 0. The minimum absolute atomic E-state index is 0.979. The molecule has 0 fully saturated rings. The highest BCUT2D eigenvalue weighted by atomic mass is 14.2. The van der Waals surface area contributed by atoms with E-state index in [2.05, 4.69) is 110 Å². The lowest BCUT2D eigenvalue weighted by molar-refractivity contribution is 1.04. The van der Waals surface area contributed by atoms with Gasteiger partial charge in [-0.1, -0.05) is 103 Å². The second-order valence-electron chi connectivity index (χ2n) is 7.54. The van der Waals surface area contributed by atoms with E-state index >= 15 is 0 Å². The molecule has 0 saturated heterocycles. The first-order chi connectivity index (χ1) is 13.8. The minimum Gasteiger partial charge on any atom is -0.0622 e. The smallest absolute Gasteiger partial charge is 0.00203 e. The molecule has 0 heteroatoms. The van der Waals surface area contributed by atoms with Gasteiger partial charge >= 0.3 is 0 Å². The Bertz CT molecular complexity index is 1020. The molecule has 4 aromatic carbocycles. The van der Waals surface area contributed by atoms with E-state index in [0.29, 0.717) is 0 Å². The third-order valence-electron chi connectivity index (χ3n) is 5.34. The van der Waals surface area contributed by atoms with Crippen molar-refractivity contribution in [2.75, 3.05) is 0 Å². The van der Waals surface area contributed by atoms with Crippen molar-refractivity contribution in [2.45, 2.75) is 26.2 Å². The van der Waals surface area contributed by atoms with Gasteiger partial charge in [0.05, 0.1) is 0 Å². The summed E-state index contributed by atoms with van der Waals surface area (Å²) in [5.74, 6) is 0. The van der Waals surface area contributed by atoms with Crippen LogP contribution in [0.4, 0.5) is 0 Å². The summed E-state index contributed by atoms with van der Waals surface area (Å²) in [5.41, 5.74) is 9.80. The Kier molecular flexibility index (Phi) is 5.68. The van der Waals surface area contributed by atoms with E-state index in [1.54, 1.807) is 0 Å². The molecule has 0 heterocycles. The predicted molar refractivity (Wildman–Crippen MR) is 119 cm³/mol. The normalized spacial score (nSPS) is 10.8. The Morgan fingerprint density at radius 3 is 1.46 bits per heavy atom. The summed E-state index contributed by atoms with van der Waals surface area (Å²) in [6.07, 6.45) is 2.95. The summed E-state index contributed by atoms with van der Waals surface area (Å²) in [6.45, 7) is 2.27. The van der Waals surface area contributed by atoms with Gasteiger partial charge in [-0.2, -0.15) is 0 Å². The maximum absolute atomic E-state index is 2.42. The lowest BCUT2D eigenvalue weighted by Gasteiger charge is -2.16. The largest absolute Gasteiger partial charge is 0.0622 e. The first-order valence-corrected chi connectivity index (χ1v) is 10.0. The molecular weight excluding hydrogens is 336 g/mol. The summed E-state index contributed by atoms with van der Waals surface area (Å²) in [5, 5.41) is 0. The van der Waals surface area contributed by atoms with E-state index in [-0.39, 0.29) is 0 Å². The number of benzene rings is 4. The Hall–Kier alpha value is -3.12. The third kappa shape index (κ3) is 4.58. The van der Waals surface area contributed by atoms with E-state index in [0.717, 1.165) is 19.3 Å². The van der Waals surface area contributed by atoms with E-state index < -0.39 is 0 Å². The quantitative estimate of drug-likeness (QED) is 0.355. The van der Waals surface area contributed by atoms with Crippen LogP contribution in [0.1, 0.15) is 38.9 Å². The Morgan fingerprint density at radius 2 is 0.929 bits per heavy atom. The SMILES string of the molecule is Cc1cc(Cc2ccccc2)cc(Cc2ccccc2)c1Cc1ccccc1. The molecule has 0 atom stereocenters. The van der Waals surface area contributed by atoms with Gasteiger partial charge in [0.1, 0.15) is 0 Å². The van der Waals surface area contributed by atoms with Gasteiger partial charge < -0.3 is 0 Å². The summed E-state index contributed by atoms with van der Waals surface area (Å²) in [7, 11) is 0. The fourth-order valence-corrected chi connectivity index (χ4v) is 3.93. The molecular formula is C28H26. The zero-order chi connectivity index (χ0) is 19.2. The van der Waals surface area contributed by atoms with Gasteiger partial charge in [0, 0.05) is 0 Å².